The van der Waals surface area contributed by atoms with E-state index in [1.54, 1.807) is 12.2 Å². The van der Waals surface area contributed by atoms with E-state index in [9.17, 15) is 9.59 Å². The Labute approximate surface area is 139 Å². The highest BCUT2D eigenvalue weighted by Crippen LogP contribution is 2.38. The van der Waals surface area contributed by atoms with E-state index in [1.807, 2.05) is 39.0 Å². The van der Waals surface area contributed by atoms with E-state index in [2.05, 4.69) is 26.0 Å². The molecule has 122 valence electrons. The van der Waals surface area contributed by atoms with Crippen molar-refractivity contribution in [1.29, 1.82) is 0 Å². The van der Waals surface area contributed by atoms with Crippen molar-refractivity contribution >= 4 is 12.1 Å². The zero-order chi connectivity index (χ0) is 17.5. The Kier molecular flexibility index (Phi) is 6.89. The van der Waals surface area contributed by atoms with Crippen molar-refractivity contribution in [1.82, 2.24) is 0 Å². The first kappa shape index (κ1) is 18.8. The van der Waals surface area contributed by atoms with Crippen LogP contribution in [-0.4, -0.2) is 12.1 Å². The third kappa shape index (κ3) is 6.19. The number of ketones is 1. The maximum Gasteiger partial charge on any atom is 0.156 e. The Morgan fingerprint density at radius 2 is 1.70 bits per heavy atom. The zero-order valence-corrected chi connectivity index (χ0v) is 14.7. The van der Waals surface area contributed by atoms with Gasteiger partial charge in [-0.15, -0.1) is 0 Å². The average molecular weight is 310 g/mol. The maximum absolute atomic E-state index is 11.7. The molecule has 1 rings (SSSR count). The summed E-state index contributed by atoms with van der Waals surface area (Å²) in [6.45, 7) is 10.2. The average Bonchev–Trinajstić information content (AvgIpc) is 2.43. The molecule has 2 nitrogen and oxygen atoms in total. The second-order valence-corrected chi connectivity index (χ2v) is 6.61. The molecule has 0 atom stereocenters. The van der Waals surface area contributed by atoms with Crippen LogP contribution >= 0.6 is 0 Å². The molecule has 0 amide bonds. The van der Waals surface area contributed by atoms with E-state index in [-0.39, 0.29) is 11.2 Å². The molecule has 0 saturated heterocycles. The summed E-state index contributed by atoms with van der Waals surface area (Å²) in [5.74, 6) is 0.203. The molecule has 0 aromatic heterocycles. The van der Waals surface area contributed by atoms with E-state index >= 15 is 0 Å². The number of carbonyl (C=O) groups excluding carboxylic acids is 2. The second kappa shape index (κ2) is 8.42. The highest BCUT2D eigenvalue weighted by molar-refractivity contribution is 5.93. The van der Waals surface area contributed by atoms with Crippen LogP contribution in [0.15, 0.2) is 70.9 Å². The lowest BCUT2D eigenvalue weighted by atomic mass is 9.72. The van der Waals surface area contributed by atoms with E-state index in [4.69, 9.17) is 0 Å². The topological polar surface area (TPSA) is 34.1 Å². The summed E-state index contributed by atoms with van der Waals surface area (Å²) in [5, 5.41) is 0. The van der Waals surface area contributed by atoms with Gasteiger partial charge in [0.25, 0.3) is 0 Å². The van der Waals surface area contributed by atoms with Gasteiger partial charge in [0.1, 0.15) is 6.29 Å². The molecular formula is C21H26O2. The Morgan fingerprint density at radius 3 is 2.30 bits per heavy atom. The highest BCUT2D eigenvalue weighted by Gasteiger charge is 2.30. The van der Waals surface area contributed by atoms with Crippen molar-refractivity contribution < 1.29 is 9.59 Å². The van der Waals surface area contributed by atoms with Crippen molar-refractivity contribution in [3.63, 3.8) is 0 Å². The lowest BCUT2D eigenvalue weighted by Gasteiger charge is -2.31. The molecule has 0 unspecified atom stereocenters. The largest absolute Gasteiger partial charge is 0.299 e. The molecule has 0 heterocycles. The van der Waals surface area contributed by atoms with Gasteiger partial charge in [0, 0.05) is 6.42 Å². The molecular weight excluding hydrogens is 284 g/mol. The molecule has 23 heavy (non-hydrogen) atoms. The molecule has 0 aromatic carbocycles. The summed E-state index contributed by atoms with van der Waals surface area (Å²) < 4.78 is 0. The van der Waals surface area contributed by atoms with Crippen LogP contribution in [0, 0.1) is 5.41 Å². The summed E-state index contributed by atoms with van der Waals surface area (Å²) in [6, 6.07) is 0. The number of hydrogen-bond donors (Lipinski definition) is 0. The number of aldehydes is 1. The minimum absolute atomic E-state index is 0.119. The first-order chi connectivity index (χ1) is 10.8. The fraction of sp³-hybridized carbons (Fsp3) is 0.333. The van der Waals surface area contributed by atoms with Crippen LogP contribution in [0.1, 0.15) is 41.0 Å². The lowest BCUT2D eigenvalue weighted by Crippen LogP contribution is -2.24. The van der Waals surface area contributed by atoms with E-state index < -0.39 is 0 Å². The fourth-order valence-electron chi connectivity index (χ4n) is 2.66. The van der Waals surface area contributed by atoms with Gasteiger partial charge in [-0.3, -0.25) is 9.59 Å². The third-order valence-electron chi connectivity index (χ3n) is 3.82. The summed E-state index contributed by atoms with van der Waals surface area (Å²) in [7, 11) is 0. The Morgan fingerprint density at radius 1 is 1.09 bits per heavy atom. The first-order valence-electron chi connectivity index (χ1n) is 7.83. The Bertz CT molecular complexity index is 647. The Balaban J connectivity index is 2.90. The van der Waals surface area contributed by atoms with Crippen LogP contribution in [-0.2, 0) is 9.59 Å². The van der Waals surface area contributed by atoms with Gasteiger partial charge in [0.15, 0.2) is 5.78 Å². The zero-order valence-electron chi connectivity index (χ0n) is 14.7. The molecule has 2 heteroatoms. The minimum Gasteiger partial charge on any atom is -0.299 e. The normalized spacial score (nSPS) is 21.3. The van der Waals surface area contributed by atoms with Gasteiger partial charge in [-0.05, 0) is 49.5 Å². The van der Waals surface area contributed by atoms with Gasteiger partial charge in [-0.1, -0.05) is 61.4 Å². The van der Waals surface area contributed by atoms with Gasteiger partial charge in [-0.25, -0.2) is 0 Å². The predicted molar refractivity (Wildman–Crippen MR) is 97.1 cm³/mol. The second-order valence-electron chi connectivity index (χ2n) is 6.61. The third-order valence-corrected chi connectivity index (χ3v) is 3.82. The number of rotatable bonds is 5. The lowest BCUT2D eigenvalue weighted by molar-refractivity contribution is -0.116. The van der Waals surface area contributed by atoms with Crippen molar-refractivity contribution in [3.05, 3.63) is 70.9 Å². The van der Waals surface area contributed by atoms with Crippen molar-refractivity contribution in [2.24, 2.45) is 5.41 Å². The highest BCUT2D eigenvalue weighted by atomic mass is 16.1. The van der Waals surface area contributed by atoms with Crippen molar-refractivity contribution in [2.45, 2.75) is 41.0 Å². The molecule has 0 radical (unpaired) electrons. The summed E-state index contributed by atoms with van der Waals surface area (Å²) in [5.41, 5.74) is 4.29. The smallest absolute Gasteiger partial charge is 0.156 e. The standard InChI is InChI=1S/C21H26O2/c1-16(10-7-13-22)8-6-9-17(2)11-12-20-18(3)14-19(23)15-21(20,4)5/h6-14H,15H2,1-5H3. The van der Waals surface area contributed by atoms with Gasteiger partial charge in [-0.2, -0.15) is 0 Å². The summed E-state index contributed by atoms with van der Waals surface area (Å²) in [4.78, 5) is 21.9. The predicted octanol–water partition coefficient (Wildman–Crippen LogP) is 5.06. The van der Waals surface area contributed by atoms with Crippen LogP contribution in [0.25, 0.3) is 0 Å². The van der Waals surface area contributed by atoms with Crippen molar-refractivity contribution in [2.75, 3.05) is 0 Å². The first-order valence-corrected chi connectivity index (χ1v) is 7.83. The molecule has 1 aliphatic rings. The van der Waals surface area contributed by atoms with Crippen LogP contribution < -0.4 is 0 Å². The maximum atomic E-state index is 11.7. The monoisotopic (exact) mass is 310 g/mol. The fourth-order valence-corrected chi connectivity index (χ4v) is 2.66. The molecule has 0 aromatic rings. The van der Waals surface area contributed by atoms with E-state index in [0.717, 1.165) is 23.0 Å². The van der Waals surface area contributed by atoms with Crippen molar-refractivity contribution in [3.8, 4) is 0 Å². The summed E-state index contributed by atoms with van der Waals surface area (Å²) in [6.07, 6.45) is 16.5. The van der Waals surface area contributed by atoms with E-state index in [0.29, 0.717) is 6.42 Å². The van der Waals surface area contributed by atoms with Gasteiger partial charge in [0.2, 0.25) is 0 Å². The molecule has 0 saturated carbocycles. The quantitative estimate of drug-likeness (QED) is 0.404. The number of carbonyl (C=O) groups is 2. The molecule has 1 aliphatic carbocycles. The van der Waals surface area contributed by atoms with Gasteiger partial charge >= 0.3 is 0 Å². The Hall–Kier alpha value is -2.22. The number of allylic oxidation sites excluding steroid dienone is 12. The molecule has 0 spiro atoms. The van der Waals surface area contributed by atoms with Gasteiger partial charge in [0.05, 0.1) is 0 Å². The molecule has 0 N–H and O–H groups in total. The molecule has 0 aliphatic heterocycles. The molecule has 0 fully saturated rings. The van der Waals surface area contributed by atoms with Crippen LogP contribution in [0.4, 0.5) is 0 Å². The minimum atomic E-state index is -0.119. The van der Waals surface area contributed by atoms with Crippen LogP contribution in [0.3, 0.4) is 0 Å². The SMILES string of the molecule is CC(C=CC=O)=CC=CC(C)=CC=C1C(C)=CC(=O)CC1(C)C. The number of hydrogen-bond acceptors (Lipinski definition) is 2. The van der Waals surface area contributed by atoms with Gasteiger partial charge < -0.3 is 0 Å². The summed E-state index contributed by atoms with van der Waals surface area (Å²) >= 11 is 0. The van der Waals surface area contributed by atoms with Crippen LogP contribution in [0.2, 0.25) is 0 Å². The van der Waals surface area contributed by atoms with Crippen LogP contribution in [0.5, 0.6) is 0 Å². The van der Waals surface area contributed by atoms with E-state index in [1.165, 1.54) is 11.6 Å². The molecule has 0 bridgehead atoms.